The van der Waals surface area contributed by atoms with E-state index in [2.05, 4.69) is 15.1 Å². The van der Waals surface area contributed by atoms with E-state index in [0.29, 0.717) is 0 Å². The number of rotatable bonds is 5. The second-order valence-electron chi connectivity index (χ2n) is 4.65. The zero-order chi connectivity index (χ0) is 15.5. The van der Waals surface area contributed by atoms with E-state index < -0.39 is 0 Å². The largest absolute Gasteiger partial charge is 0.497 e. The van der Waals surface area contributed by atoms with Gasteiger partial charge in [0.05, 0.1) is 25.8 Å². The van der Waals surface area contributed by atoms with Crippen LogP contribution in [0.4, 0.5) is 0 Å². The van der Waals surface area contributed by atoms with Crippen LogP contribution in [-0.4, -0.2) is 34.0 Å². The highest BCUT2D eigenvalue weighted by atomic mass is 32.2. The van der Waals surface area contributed by atoms with E-state index in [4.69, 9.17) is 9.47 Å². The summed E-state index contributed by atoms with van der Waals surface area (Å²) < 4.78 is 12.4. The summed E-state index contributed by atoms with van der Waals surface area (Å²) in [6, 6.07) is 5.78. The number of hydrogen-bond acceptors (Lipinski definition) is 6. The van der Waals surface area contributed by atoms with Crippen molar-refractivity contribution >= 4 is 22.8 Å². The van der Waals surface area contributed by atoms with E-state index in [-0.39, 0.29) is 0 Å². The van der Waals surface area contributed by atoms with Crippen LogP contribution in [0.5, 0.6) is 11.5 Å². The molecular formula is C15H16N4O2S. The van der Waals surface area contributed by atoms with Crippen LogP contribution in [0.2, 0.25) is 0 Å². The van der Waals surface area contributed by atoms with Crippen molar-refractivity contribution in [1.82, 2.24) is 19.7 Å². The summed E-state index contributed by atoms with van der Waals surface area (Å²) in [6.45, 7) is 0. The van der Waals surface area contributed by atoms with Crippen molar-refractivity contribution in [3.8, 4) is 11.5 Å². The summed E-state index contributed by atoms with van der Waals surface area (Å²) in [4.78, 5) is 8.61. The van der Waals surface area contributed by atoms with Gasteiger partial charge in [-0.2, -0.15) is 5.10 Å². The molecule has 3 aromatic rings. The Balaban J connectivity index is 1.88. The van der Waals surface area contributed by atoms with E-state index in [9.17, 15) is 0 Å². The molecule has 114 valence electrons. The normalized spacial score (nSPS) is 10.9. The predicted molar refractivity (Wildman–Crippen MR) is 85.4 cm³/mol. The Bertz CT molecular complexity index is 803. The smallest absolute Gasteiger partial charge is 0.162 e. The molecule has 0 saturated carbocycles. The van der Waals surface area contributed by atoms with Gasteiger partial charge in [0.2, 0.25) is 0 Å². The molecule has 3 rings (SSSR count). The molecule has 22 heavy (non-hydrogen) atoms. The van der Waals surface area contributed by atoms with Gasteiger partial charge in [0.25, 0.3) is 0 Å². The minimum absolute atomic E-state index is 0.724. The number of ether oxygens (including phenoxy) is 2. The number of aryl methyl sites for hydroxylation is 1. The molecule has 0 spiro atoms. The van der Waals surface area contributed by atoms with Crippen molar-refractivity contribution in [2.24, 2.45) is 7.05 Å². The van der Waals surface area contributed by atoms with Gasteiger partial charge >= 0.3 is 0 Å². The SMILES string of the molecule is COc1ccc(OC)c(CSc2ncnc3c2cnn3C)c1. The van der Waals surface area contributed by atoms with E-state index in [1.807, 2.05) is 25.2 Å². The first-order valence-corrected chi connectivity index (χ1v) is 7.68. The van der Waals surface area contributed by atoms with Gasteiger partial charge in [-0.3, -0.25) is 4.68 Å². The molecule has 0 radical (unpaired) electrons. The highest BCUT2D eigenvalue weighted by Crippen LogP contribution is 2.32. The maximum atomic E-state index is 5.41. The number of methoxy groups -OCH3 is 2. The van der Waals surface area contributed by atoms with Gasteiger partial charge < -0.3 is 9.47 Å². The fourth-order valence-electron chi connectivity index (χ4n) is 2.20. The fraction of sp³-hybridized carbons (Fsp3) is 0.267. The van der Waals surface area contributed by atoms with Gasteiger partial charge in [0, 0.05) is 18.4 Å². The Morgan fingerprint density at radius 3 is 2.82 bits per heavy atom. The highest BCUT2D eigenvalue weighted by molar-refractivity contribution is 7.98. The molecule has 0 unspecified atom stereocenters. The van der Waals surface area contributed by atoms with Crippen LogP contribution < -0.4 is 9.47 Å². The van der Waals surface area contributed by atoms with Crippen molar-refractivity contribution in [2.45, 2.75) is 10.8 Å². The van der Waals surface area contributed by atoms with Gasteiger partial charge in [0.15, 0.2) is 5.65 Å². The second kappa shape index (κ2) is 6.23. The first-order chi connectivity index (χ1) is 10.7. The average molecular weight is 316 g/mol. The van der Waals surface area contributed by atoms with E-state index in [0.717, 1.165) is 38.9 Å². The van der Waals surface area contributed by atoms with Gasteiger partial charge in [-0.15, -0.1) is 11.8 Å². The summed E-state index contributed by atoms with van der Waals surface area (Å²) in [6.07, 6.45) is 3.36. The molecule has 0 N–H and O–H groups in total. The first-order valence-electron chi connectivity index (χ1n) is 6.69. The molecule has 0 aliphatic rings. The Morgan fingerprint density at radius 2 is 2.05 bits per heavy atom. The Labute approximate surface area is 132 Å². The zero-order valence-electron chi connectivity index (χ0n) is 12.6. The van der Waals surface area contributed by atoms with Crippen LogP contribution in [0, 0.1) is 0 Å². The lowest BCUT2D eigenvalue weighted by Crippen LogP contribution is -1.94. The van der Waals surface area contributed by atoms with Crippen LogP contribution in [0.1, 0.15) is 5.56 Å². The molecule has 0 aliphatic heterocycles. The van der Waals surface area contributed by atoms with Crippen LogP contribution >= 0.6 is 11.8 Å². The summed E-state index contributed by atoms with van der Waals surface area (Å²) >= 11 is 1.63. The predicted octanol–water partition coefficient (Wildman–Crippen LogP) is 2.67. The number of thioether (sulfide) groups is 1. The third-order valence-corrected chi connectivity index (χ3v) is 4.40. The molecule has 0 aliphatic carbocycles. The minimum atomic E-state index is 0.724. The van der Waals surface area contributed by atoms with E-state index >= 15 is 0 Å². The van der Waals surface area contributed by atoms with Gasteiger partial charge in [-0.1, -0.05) is 0 Å². The lowest BCUT2D eigenvalue weighted by molar-refractivity contribution is 0.400. The Kier molecular flexibility index (Phi) is 4.15. The van der Waals surface area contributed by atoms with Crippen LogP contribution in [0.3, 0.4) is 0 Å². The Morgan fingerprint density at radius 1 is 1.18 bits per heavy atom. The summed E-state index contributed by atoms with van der Waals surface area (Å²) in [5.41, 5.74) is 1.89. The molecule has 0 bridgehead atoms. The third-order valence-electron chi connectivity index (χ3n) is 3.34. The monoisotopic (exact) mass is 316 g/mol. The molecule has 0 saturated heterocycles. The van der Waals surface area contributed by atoms with Crippen LogP contribution in [0.25, 0.3) is 11.0 Å². The van der Waals surface area contributed by atoms with Crippen LogP contribution in [0.15, 0.2) is 35.7 Å². The first kappa shape index (κ1) is 14.6. The van der Waals surface area contributed by atoms with Crippen molar-refractivity contribution in [3.63, 3.8) is 0 Å². The fourth-order valence-corrected chi connectivity index (χ4v) is 3.14. The number of nitrogens with zero attached hydrogens (tertiary/aromatic N) is 4. The number of benzene rings is 1. The molecule has 0 fully saturated rings. The van der Waals surface area contributed by atoms with Crippen LogP contribution in [-0.2, 0) is 12.8 Å². The second-order valence-corrected chi connectivity index (χ2v) is 5.61. The topological polar surface area (TPSA) is 62.1 Å². The summed E-state index contributed by atoms with van der Waals surface area (Å²) in [5, 5.41) is 6.09. The van der Waals surface area contributed by atoms with Crippen molar-refractivity contribution in [3.05, 3.63) is 36.3 Å². The quantitative estimate of drug-likeness (QED) is 0.533. The number of aromatic nitrogens is 4. The molecule has 0 amide bonds. The standard InChI is InChI=1S/C15H16N4O2S/c1-19-14-12(7-18-19)15(17-9-16-14)22-8-10-6-11(20-2)4-5-13(10)21-3/h4-7,9H,8H2,1-3H3. The molecule has 1 aromatic carbocycles. The molecule has 0 atom stereocenters. The van der Waals surface area contributed by atoms with Crippen molar-refractivity contribution in [2.75, 3.05) is 14.2 Å². The maximum absolute atomic E-state index is 5.41. The molecule has 2 heterocycles. The lowest BCUT2D eigenvalue weighted by Gasteiger charge is -2.10. The number of fused-ring (bicyclic) bond motifs is 1. The molecule has 7 heteroatoms. The van der Waals surface area contributed by atoms with E-state index in [1.54, 1.807) is 43.2 Å². The number of hydrogen-bond donors (Lipinski definition) is 0. The Hall–Kier alpha value is -2.28. The highest BCUT2D eigenvalue weighted by Gasteiger charge is 2.11. The molecular weight excluding hydrogens is 300 g/mol. The average Bonchev–Trinajstić information content (AvgIpc) is 2.94. The maximum Gasteiger partial charge on any atom is 0.162 e. The molecule has 6 nitrogen and oxygen atoms in total. The summed E-state index contributed by atoms with van der Waals surface area (Å²) in [5.74, 6) is 2.37. The minimum Gasteiger partial charge on any atom is -0.497 e. The third kappa shape index (κ3) is 2.71. The zero-order valence-corrected chi connectivity index (χ0v) is 13.4. The summed E-state index contributed by atoms with van der Waals surface area (Å²) in [7, 11) is 5.19. The van der Waals surface area contributed by atoms with Gasteiger partial charge in [0.1, 0.15) is 22.9 Å². The van der Waals surface area contributed by atoms with Gasteiger partial charge in [-0.25, -0.2) is 9.97 Å². The van der Waals surface area contributed by atoms with E-state index in [1.165, 1.54) is 0 Å². The van der Waals surface area contributed by atoms with Gasteiger partial charge in [-0.05, 0) is 18.2 Å². The molecule has 2 aromatic heterocycles. The van der Waals surface area contributed by atoms with Crippen molar-refractivity contribution in [1.29, 1.82) is 0 Å². The lowest BCUT2D eigenvalue weighted by atomic mass is 10.2. The van der Waals surface area contributed by atoms with Crippen molar-refractivity contribution < 1.29 is 9.47 Å².